The summed E-state index contributed by atoms with van der Waals surface area (Å²) in [5.74, 6) is 0.812. The molecule has 0 saturated carbocycles. The number of piperidine rings is 1. The summed E-state index contributed by atoms with van der Waals surface area (Å²) in [4.78, 5) is 1.69. The SMILES string of the molecule is C[C@H]([NH2+][C@H]1C[C@H](C)[NH+](C)C[C@H]1C)c1ccccc1. The van der Waals surface area contributed by atoms with Gasteiger partial charge in [-0.05, 0) is 13.8 Å². The summed E-state index contributed by atoms with van der Waals surface area (Å²) >= 11 is 0. The fraction of sp³-hybridized carbons (Fsp3) is 0.625. The molecule has 2 heteroatoms. The number of nitrogens with two attached hydrogens (primary N) is 1. The lowest BCUT2D eigenvalue weighted by Gasteiger charge is -2.36. The van der Waals surface area contributed by atoms with E-state index in [0.717, 1.165) is 18.0 Å². The number of hydrogen-bond donors (Lipinski definition) is 2. The van der Waals surface area contributed by atoms with Crippen LogP contribution in [-0.2, 0) is 0 Å². The third-order valence-corrected chi connectivity index (χ3v) is 4.70. The number of quaternary nitrogens is 2. The molecule has 0 bridgehead atoms. The molecule has 3 N–H and O–H groups in total. The van der Waals surface area contributed by atoms with E-state index in [9.17, 15) is 0 Å². The third-order valence-electron chi connectivity index (χ3n) is 4.70. The smallest absolute Gasteiger partial charge is 0.109 e. The summed E-state index contributed by atoms with van der Waals surface area (Å²) in [5, 5.41) is 2.59. The van der Waals surface area contributed by atoms with Crippen LogP contribution in [0.3, 0.4) is 0 Å². The van der Waals surface area contributed by atoms with Gasteiger partial charge in [-0.3, -0.25) is 0 Å². The minimum absolute atomic E-state index is 0.573. The summed E-state index contributed by atoms with van der Waals surface area (Å²) in [6, 6.07) is 13.0. The van der Waals surface area contributed by atoms with Crippen LogP contribution in [0.15, 0.2) is 30.3 Å². The maximum Gasteiger partial charge on any atom is 0.109 e. The molecule has 1 aromatic carbocycles. The van der Waals surface area contributed by atoms with Gasteiger partial charge in [0.15, 0.2) is 0 Å². The van der Waals surface area contributed by atoms with Gasteiger partial charge in [0.05, 0.1) is 32.0 Å². The molecule has 1 aliphatic heterocycles. The first-order valence-corrected chi connectivity index (χ1v) is 7.30. The predicted octanol–water partition coefficient (Wildman–Crippen LogP) is 0.623. The predicted molar refractivity (Wildman–Crippen MR) is 75.6 cm³/mol. The molecule has 0 aliphatic carbocycles. The molecular formula is C16H28N2+2. The van der Waals surface area contributed by atoms with Crippen molar-refractivity contribution in [2.45, 2.75) is 45.3 Å². The molecule has 2 nitrogen and oxygen atoms in total. The lowest BCUT2D eigenvalue weighted by molar-refractivity contribution is -0.924. The van der Waals surface area contributed by atoms with E-state index in [-0.39, 0.29) is 0 Å². The number of nitrogens with one attached hydrogen (secondary N) is 1. The molecule has 1 fully saturated rings. The number of rotatable bonds is 3. The lowest BCUT2D eigenvalue weighted by Crippen LogP contribution is -3.16. The molecule has 0 amide bonds. The molecule has 5 atom stereocenters. The second-order valence-electron chi connectivity index (χ2n) is 6.22. The average molecular weight is 248 g/mol. The standard InChI is InChI=1S/C16H26N2/c1-12-11-18(4)13(2)10-16(12)17-14(3)15-8-6-5-7-9-15/h5-9,12-14,16-17H,10-11H2,1-4H3/p+2/t12-,13+,14+,16+/m1/s1. The molecule has 1 aromatic rings. The Hall–Kier alpha value is -0.860. The quantitative estimate of drug-likeness (QED) is 0.783. The van der Waals surface area contributed by atoms with Crippen molar-refractivity contribution in [3.8, 4) is 0 Å². The second kappa shape index (κ2) is 5.85. The van der Waals surface area contributed by atoms with E-state index in [4.69, 9.17) is 0 Å². The van der Waals surface area contributed by atoms with Crippen molar-refractivity contribution in [2.24, 2.45) is 5.92 Å². The van der Waals surface area contributed by atoms with Gasteiger partial charge >= 0.3 is 0 Å². The minimum Gasteiger partial charge on any atom is -0.337 e. The van der Waals surface area contributed by atoms with Crippen molar-refractivity contribution in [1.29, 1.82) is 0 Å². The van der Waals surface area contributed by atoms with Crippen LogP contribution in [0.25, 0.3) is 0 Å². The molecular weight excluding hydrogens is 220 g/mol. The Balaban J connectivity index is 1.97. The topological polar surface area (TPSA) is 21.1 Å². The first kappa shape index (κ1) is 13.6. The third kappa shape index (κ3) is 3.12. The fourth-order valence-electron chi connectivity index (χ4n) is 3.21. The van der Waals surface area contributed by atoms with Crippen LogP contribution in [0.1, 0.15) is 38.8 Å². The molecule has 2 rings (SSSR count). The summed E-state index contributed by atoms with van der Waals surface area (Å²) in [5.41, 5.74) is 1.45. The van der Waals surface area contributed by atoms with Crippen molar-refractivity contribution in [3.05, 3.63) is 35.9 Å². The fourth-order valence-corrected chi connectivity index (χ4v) is 3.21. The highest BCUT2D eigenvalue weighted by Gasteiger charge is 2.35. The molecule has 0 spiro atoms. The average Bonchev–Trinajstić information content (AvgIpc) is 2.37. The van der Waals surface area contributed by atoms with Gasteiger partial charge in [0.1, 0.15) is 12.1 Å². The summed E-state index contributed by atoms with van der Waals surface area (Å²) in [6.45, 7) is 8.44. The summed E-state index contributed by atoms with van der Waals surface area (Å²) in [6.07, 6.45) is 1.34. The normalized spacial score (nSPS) is 34.2. The van der Waals surface area contributed by atoms with Crippen LogP contribution in [0.4, 0.5) is 0 Å². The van der Waals surface area contributed by atoms with Gasteiger partial charge in [-0.15, -0.1) is 0 Å². The Morgan fingerprint density at radius 3 is 2.56 bits per heavy atom. The van der Waals surface area contributed by atoms with Gasteiger partial charge in [-0.1, -0.05) is 37.3 Å². The van der Waals surface area contributed by atoms with Gasteiger partial charge < -0.3 is 10.2 Å². The highest BCUT2D eigenvalue weighted by atomic mass is 15.2. The van der Waals surface area contributed by atoms with E-state index in [1.54, 1.807) is 4.90 Å². The Labute approximate surface area is 111 Å². The van der Waals surface area contributed by atoms with Crippen LogP contribution >= 0.6 is 0 Å². The first-order valence-electron chi connectivity index (χ1n) is 7.30. The zero-order chi connectivity index (χ0) is 13.1. The number of likely N-dealkylation sites (tertiary alicyclic amines) is 1. The molecule has 1 saturated heterocycles. The molecule has 0 aromatic heterocycles. The highest BCUT2D eigenvalue weighted by Crippen LogP contribution is 2.12. The Morgan fingerprint density at radius 2 is 1.89 bits per heavy atom. The van der Waals surface area contributed by atoms with Crippen LogP contribution in [-0.4, -0.2) is 25.7 Å². The summed E-state index contributed by atoms with van der Waals surface area (Å²) < 4.78 is 0. The van der Waals surface area contributed by atoms with E-state index in [2.05, 4.69) is 63.5 Å². The number of hydrogen-bond acceptors (Lipinski definition) is 0. The molecule has 100 valence electrons. The van der Waals surface area contributed by atoms with E-state index in [1.807, 2.05) is 0 Å². The van der Waals surface area contributed by atoms with Crippen molar-refractivity contribution < 1.29 is 10.2 Å². The van der Waals surface area contributed by atoms with Crippen LogP contribution in [0.2, 0.25) is 0 Å². The van der Waals surface area contributed by atoms with Crippen molar-refractivity contribution >= 4 is 0 Å². The van der Waals surface area contributed by atoms with Gasteiger partial charge in [-0.25, -0.2) is 0 Å². The molecule has 1 unspecified atom stereocenters. The maximum atomic E-state index is 2.59. The monoisotopic (exact) mass is 248 g/mol. The number of benzene rings is 1. The molecule has 18 heavy (non-hydrogen) atoms. The highest BCUT2D eigenvalue weighted by molar-refractivity contribution is 5.16. The lowest BCUT2D eigenvalue weighted by atomic mass is 9.89. The second-order valence-corrected chi connectivity index (χ2v) is 6.22. The van der Waals surface area contributed by atoms with Crippen molar-refractivity contribution in [3.63, 3.8) is 0 Å². The Morgan fingerprint density at radius 1 is 1.22 bits per heavy atom. The molecule has 0 radical (unpaired) electrons. The zero-order valence-corrected chi connectivity index (χ0v) is 12.2. The molecule has 1 aliphatic rings. The minimum atomic E-state index is 0.573. The summed E-state index contributed by atoms with van der Waals surface area (Å²) in [7, 11) is 2.33. The van der Waals surface area contributed by atoms with Crippen molar-refractivity contribution in [2.75, 3.05) is 13.6 Å². The van der Waals surface area contributed by atoms with Crippen LogP contribution in [0.5, 0.6) is 0 Å². The van der Waals surface area contributed by atoms with Crippen LogP contribution < -0.4 is 10.2 Å². The van der Waals surface area contributed by atoms with E-state index < -0.39 is 0 Å². The Bertz CT molecular complexity index is 363. The largest absolute Gasteiger partial charge is 0.337 e. The first-order chi connectivity index (χ1) is 8.58. The van der Waals surface area contributed by atoms with E-state index in [1.165, 1.54) is 18.5 Å². The van der Waals surface area contributed by atoms with Gasteiger partial charge in [0, 0.05) is 5.56 Å². The van der Waals surface area contributed by atoms with Gasteiger partial charge in [-0.2, -0.15) is 0 Å². The Kier molecular flexibility index (Phi) is 4.41. The van der Waals surface area contributed by atoms with Gasteiger partial charge in [0.25, 0.3) is 0 Å². The van der Waals surface area contributed by atoms with Gasteiger partial charge in [0.2, 0.25) is 0 Å². The van der Waals surface area contributed by atoms with Crippen LogP contribution in [0, 0.1) is 5.92 Å². The van der Waals surface area contributed by atoms with Crippen molar-refractivity contribution in [1.82, 2.24) is 0 Å². The van der Waals surface area contributed by atoms with E-state index in [0.29, 0.717) is 6.04 Å². The maximum absolute atomic E-state index is 2.59. The molecule has 1 heterocycles. The van der Waals surface area contributed by atoms with E-state index >= 15 is 0 Å². The zero-order valence-electron chi connectivity index (χ0n) is 12.2.